The van der Waals surface area contributed by atoms with Crippen LogP contribution >= 0.6 is 7.82 Å². The fourth-order valence-electron chi connectivity index (χ4n) is 2.35. The van der Waals surface area contributed by atoms with E-state index in [4.69, 9.17) is 15.5 Å². The van der Waals surface area contributed by atoms with E-state index >= 15 is 0 Å². The number of hydrogen-bond donors (Lipinski definition) is 3. The lowest BCUT2D eigenvalue weighted by molar-refractivity contribution is 0.280. The zero-order valence-corrected chi connectivity index (χ0v) is 13.6. The van der Waals surface area contributed by atoms with Gasteiger partial charge in [-0.1, -0.05) is 0 Å². The second-order valence-corrected chi connectivity index (χ2v) is 6.28. The Morgan fingerprint density at radius 3 is 2.77 bits per heavy atom. The van der Waals surface area contributed by atoms with Crippen LogP contribution in [0.3, 0.4) is 0 Å². The number of halogens is 1. The molecule has 4 aromatic rings. The molecule has 4 rings (SSSR count). The molecule has 0 aliphatic carbocycles. The number of hydrogen-bond acceptors (Lipinski definition) is 8. The molecule has 0 spiro atoms. The summed E-state index contributed by atoms with van der Waals surface area (Å²) in [6.07, 6.45) is 2.51. The van der Waals surface area contributed by atoms with Crippen LogP contribution in [-0.2, 0) is 4.57 Å². The number of phosphoric ester groups is 1. The van der Waals surface area contributed by atoms with Crippen molar-refractivity contribution in [2.75, 3.05) is 5.73 Å². The van der Waals surface area contributed by atoms with Crippen LogP contribution in [0.4, 0.5) is 10.2 Å². The molecule has 3 aromatic heterocycles. The molecule has 0 saturated heterocycles. The molecule has 0 bridgehead atoms. The van der Waals surface area contributed by atoms with E-state index in [0.717, 1.165) is 12.1 Å². The van der Waals surface area contributed by atoms with Crippen LogP contribution in [0.1, 0.15) is 0 Å². The van der Waals surface area contributed by atoms with Gasteiger partial charge in [0.1, 0.15) is 18.5 Å². The van der Waals surface area contributed by atoms with Crippen molar-refractivity contribution >= 4 is 35.7 Å². The van der Waals surface area contributed by atoms with Gasteiger partial charge in [0.25, 0.3) is 0 Å². The Balaban J connectivity index is 2.00. The van der Waals surface area contributed by atoms with Gasteiger partial charge in [-0.3, -0.25) is 14.4 Å². The van der Waals surface area contributed by atoms with Gasteiger partial charge in [0.15, 0.2) is 17.0 Å². The lowest BCUT2D eigenvalue weighted by Gasteiger charge is -2.11. The Morgan fingerprint density at radius 1 is 1.19 bits per heavy atom. The molecule has 0 aliphatic rings. The second kappa shape index (κ2) is 5.66. The van der Waals surface area contributed by atoms with E-state index in [2.05, 4.69) is 29.4 Å². The van der Waals surface area contributed by atoms with Crippen LogP contribution in [0.25, 0.3) is 28.0 Å². The summed E-state index contributed by atoms with van der Waals surface area (Å²) in [6.45, 7) is 0. The van der Waals surface area contributed by atoms with E-state index in [9.17, 15) is 8.96 Å². The Hall–Kier alpha value is -3.21. The quantitative estimate of drug-likeness (QED) is 0.438. The molecule has 0 fully saturated rings. The van der Waals surface area contributed by atoms with Crippen molar-refractivity contribution in [3.8, 4) is 11.8 Å². The Morgan fingerprint density at radius 2 is 2.00 bits per heavy atom. The first-order valence-electron chi connectivity index (χ1n) is 6.98. The molecule has 11 nitrogen and oxygen atoms in total. The first-order chi connectivity index (χ1) is 12.3. The molecule has 0 aliphatic heterocycles. The largest absolute Gasteiger partial charge is 0.526 e. The minimum Gasteiger partial charge on any atom is -0.385 e. The summed E-state index contributed by atoms with van der Waals surface area (Å²) in [7, 11) is -4.91. The highest BCUT2D eigenvalue weighted by atomic mass is 31.2. The van der Waals surface area contributed by atoms with Gasteiger partial charge < -0.3 is 10.3 Å². The maximum Gasteiger partial charge on any atom is 0.526 e. The standard InChI is InChI=1S/C13H9FN7O4P/c14-6-1-2-7-8(3-6)19-13(20-12(7)25-26(22,23)24)21-5-18-9-10(15)16-4-17-11(9)21/h1-5H,(H2,15,16,17)(H2,22,23,24). The van der Waals surface area contributed by atoms with Crippen molar-refractivity contribution in [2.45, 2.75) is 0 Å². The molecule has 0 atom stereocenters. The molecule has 4 N–H and O–H groups in total. The molecule has 13 heteroatoms. The maximum atomic E-state index is 13.6. The summed E-state index contributed by atoms with van der Waals surface area (Å²) in [6, 6.07) is 3.43. The number of rotatable bonds is 3. The number of anilines is 1. The first kappa shape index (κ1) is 16.3. The van der Waals surface area contributed by atoms with Gasteiger partial charge in [-0.25, -0.2) is 28.9 Å². The lowest BCUT2D eigenvalue weighted by Crippen LogP contribution is -2.05. The number of fused-ring (bicyclic) bond motifs is 2. The Labute approximate surface area is 143 Å². The fourth-order valence-corrected chi connectivity index (χ4v) is 2.72. The first-order valence-corrected chi connectivity index (χ1v) is 8.51. The number of benzene rings is 1. The molecule has 26 heavy (non-hydrogen) atoms. The lowest BCUT2D eigenvalue weighted by atomic mass is 10.2. The van der Waals surface area contributed by atoms with Crippen LogP contribution in [0.2, 0.25) is 0 Å². The van der Waals surface area contributed by atoms with Gasteiger partial charge in [0.2, 0.25) is 11.8 Å². The van der Waals surface area contributed by atoms with Crippen molar-refractivity contribution in [2.24, 2.45) is 0 Å². The monoisotopic (exact) mass is 377 g/mol. The molecule has 1 aromatic carbocycles. The van der Waals surface area contributed by atoms with Crippen molar-refractivity contribution in [1.82, 2.24) is 29.5 Å². The molecule has 0 saturated carbocycles. The van der Waals surface area contributed by atoms with Gasteiger partial charge in [0, 0.05) is 6.07 Å². The number of phosphoric acid groups is 1. The molecule has 3 heterocycles. The zero-order chi connectivity index (χ0) is 18.5. The van der Waals surface area contributed by atoms with Crippen LogP contribution in [-0.4, -0.2) is 39.3 Å². The van der Waals surface area contributed by atoms with Gasteiger partial charge in [0.05, 0.1) is 10.9 Å². The van der Waals surface area contributed by atoms with E-state index in [0.29, 0.717) is 0 Å². The van der Waals surface area contributed by atoms with Crippen LogP contribution in [0, 0.1) is 5.82 Å². The Bertz CT molecular complexity index is 1210. The third kappa shape index (κ3) is 2.81. The molecular formula is C13H9FN7O4P. The van der Waals surface area contributed by atoms with Gasteiger partial charge in [-0.2, -0.15) is 4.98 Å². The van der Waals surface area contributed by atoms with E-state index in [1.165, 1.54) is 23.3 Å². The van der Waals surface area contributed by atoms with E-state index < -0.39 is 19.5 Å². The summed E-state index contributed by atoms with van der Waals surface area (Å²) in [5.41, 5.74) is 6.34. The zero-order valence-electron chi connectivity index (χ0n) is 12.7. The second-order valence-electron chi connectivity index (χ2n) is 5.12. The SMILES string of the molecule is Nc1ncnc2c1ncn2-c1nc(OP(=O)(O)O)c2ccc(F)cc2n1. The highest BCUT2D eigenvalue weighted by Crippen LogP contribution is 2.39. The predicted molar refractivity (Wildman–Crippen MR) is 86.8 cm³/mol. The van der Waals surface area contributed by atoms with Crippen molar-refractivity contribution in [3.63, 3.8) is 0 Å². The number of nitrogens with two attached hydrogens (primary N) is 1. The van der Waals surface area contributed by atoms with E-state index in [1.807, 2.05) is 0 Å². The Kier molecular flexibility index (Phi) is 3.54. The van der Waals surface area contributed by atoms with Crippen molar-refractivity contribution in [1.29, 1.82) is 0 Å². The molecule has 0 unspecified atom stereocenters. The smallest absolute Gasteiger partial charge is 0.385 e. The van der Waals surface area contributed by atoms with Crippen molar-refractivity contribution < 1.29 is 23.3 Å². The molecule has 132 valence electrons. The highest BCUT2D eigenvalue weighted by molar-refractivity contribution is 7.46. The van der Waals surface area contributed by atoms with Gasteiger partial charge in [-0.15, -0.1) is 0 Å². The molecule has 0 radical (unpaired) electrons. The summed E-state index contributed by atoms with van der Waals surface area (Å²) in [5, 5.41) is 0.122. The van der Waals surface area contributed by atoms with Crippen LogP contribution < -0.4 is 10.3 Å². The van der Waals surface area contributed by atoms with Crippen LogP contribution in [0.15, 0.2) is 30.9 Å². The summed E-state index contributed by atoms with van der Waals surface area (Å²) < 4.78 is 30.8. The van der Waals surface area contributed by atoms with Gasteiger partial charge in [-0.05, 0) is 12.1 Å². The van der Waals surface area contributed by atoms with Gasteiger partial charge >= 0.3 is 7.82 Å². The fraction of sp³-hybridized carbons (Fsp3) is 0. The maximum absolute atomic E-state index is 13.6. The average molecular weight is 377 g/mol. The topological polar surface area (TPSA) is 162 Å². The summed E-state index contributed by atoms with van der Waals surface area (Å²) in [4.78, 5) is 38.3. The third-order valence-corrected chi connectivity index (χ3v) is 3.81. The normalized spacial score (nSPS) is 12.0. The predicted octanol–water partition coefficient (Wildman–Crippen LogP) is 0.951. The number of imidazole rings is 1. The van der Waals surface area contributed by atoms with E-state index in [1.54, 1.807) is 0 Å². The minimum absolute atomic E-state index is 0.0716. The molecular weight excluding hydrogens is 368 g/mol. The minimum atomic E-state index is -4.91. The molecule has 0 amide bonds. The number of aromatic nitrogens is 6. The highest BCUT2D eigenvalue weighted by Gasteiger charge is 2.22. The van der Waals surface area contributed by atoms with Crippen LogP contribution in [0.5, 0.6) is 5.88 Å². The third-order valence-electron chi connectivity index (χ3n) is 3.39. The van der Waals surface area contributed by atoms with E-state index in [-0.39, 0.29) is 33.8 Å². The summed E-state index contributed by atoms with van der Waals surface area (Å²) in [5.74, 6) is -0.965. The number of nitrogen functional groups attached to an aromatic ring is 1. The number of nitrogens with zero attached hydrogens (tertiary/aromatic N) is 6. The summed E-state index contributed by atoms with van der Waals surface area (Å²) >= 11 is 0. The average Bonchev–Trinajstić information content (AvgIpc) is 2.98. The van der Waals surface area contributed by atoms with Crippen molar-refractivity contribution in [3.05, 3.63) is 36.7 Å².